The van der Waals surface area contributed by atoms with Crippen LogP contribution in [0, 0.1) is 6.92 Å². The zero-order valence-electron chi connectivity index (χ0n) is 12.0. The summed E-state index contributed by atoms with van der Waals surface area (Å²) in [4.78, 5) is 11.6. The lowest BCUT2D eigenvalue weighted by Gasteiger charge is -2.12. The van der Waals surface area contributed by atoms with Crippen LogP contribution in [-0.2, 0) is 6.61 Å². The SMILES string of the molecule is COc1ccc(C)cc1COc1ccccc1C(C)=O. The molecule has 0 unspecified atom stereocenters. The summed E-state index contributed by atoms with van der Waals surface area (Å²) in [5, 5.41) is 0. The second-order valence-electron chi connectivity index (χ2n) is 4.66. The Morgan fingerprint density at radius 2 is 1.85 bits per heavy atom. The monoisotopic (exact) mass is 270 g/mol. The van der Waals surface area contributed by atoms with Crippen molar-refractivity contribution >= 4 is 5.78 Å². The molecule has 2 rings (SSSR count). The maximum Gasteiger partial charge on any atom is 0.163 e. The highest BCUT2D eigenvalue weighted by Gasteiger charge is 2.09. The Labute approximate surface area is 119 Å². The zero-order chi connectivity index (χ0) is 14.5. The lowest BCUT2D eigenvalue weighted by atomic mass is 10.1. The minimum Gasteiger partial charge on any atom is -0.496 e. The summed E-state index contributed by atoms with van der Waals surface area (Å²) < 4.78 is 11.1. The standard InChI is InChI=1S/C17H18O3/c1-12-8-9-16(19-3)14(10-12)11-20-17-7-5-4-6-15(17)13(2)18/h4-10H,11H2,1-3H3. The van der Waals surface area contributed by atoms with Gasteiger partial charge in [0.1, 0.15) is 18.1 Å². The highest BCUT2D eigenvalue weighted by molar-refractivity contribution is 5.96. The Balaban J connectivity index is 2.21. The molecule has 0 saturated carbocycles. The van der Waals surface area contributed by atoms with Crippen LogP contribution in [0.4, 0.5) is 0 Å². The molecule has 0 aliphatic rings. The molecule has 0 fully saturated rings. The molecule has 0 amide bonds. The van der Waals surface area contributed by atoms with Gasteiger partial charge in [-0.25, -0.2) is 0 Å². The molecule has 3 heteroatoms. The van der Waals surface area contributed by atoms with Gasteiger partial charge in [-0.2, -0.15) is 0 Å². The largest absolute Gasteiger partial charge is 0.496 e. The Hall–Kier alpha value is -2.29. The van der Waals surface area contributed by atoms with E-state index in [-0.39, 0.29) is 5.78 Å². The van der Waals surface area contributed by atoms with E-state index in [0.717, 1.165) is 16.9 Å². The van der Waals surface area contributed by atoms with Crippen molar-refractivity contribution in [2.45, 2.75) is 20.5 Å². The van der Waals surface area contributed by atoms with Crippen molar-refractivity contribution in [1.29, 1.82) is 0 Å². The van der Waals surface area contributed by atoms with Crippen LogP contribution in [0.2, 0.25) is 0 Å². The van der Waals surface area contributed by atoms with Gasteiger partial charge in [-0.1, -0.05) is 23.8 Å². The van der Waals surface area contributed by atoms with Crippen molar-refractivity contribution in [3.8, 4) is 11.5 Å². The number of hydrogen-bond donors (Lipinski definition) is 0. The van der Waals surface area contributed by atoms with Crippen molar-refractivity contribution in [2.75, 3.05) is 7.11 Å². The van der Waals surface area contributed by atoms with Crippen LogP contribution in [0.5, 0.6) is 11.5 Å². The molecular weight excluding hydrogens is 252 g/mol. The van der Waals surface area contributed by atoms with Crippen molar-refractivity contribution < 1.29 is 14.3 Å². The number of rotatable bonds is 5. The van der Waals surface area contributed by atoms with Crippen molar-refractivity contribution in [3.63, 3.8) is 0 Å². The summed E-state index contributed by atoms with van der Waals surface area (Å²) in [7, 11) is 1.64. The summed E-state index contributed by atoms with van der Waals surface area (Å²) in [5.41, 5.74) is 2.70. The van der Waals surface area contributed by atoms with E-state index >= 15 is 0 Å². The molecular formula is C17H18O3. The molecule has 2 aromatic carbocycles. The molecule has 0 heterocycles. The second-order valence-corrected chi connectivity index (χ2v) is 4.66. The lowest BCUT2D eigenvalue weighted by Crippen LogP contribution is -2.03. The van der Waals surface area contributed by atoms with Gasteiger partial charge in [0.2, 0.25) is 0 Å². The summed E-state index contributed by atoms with van der Waals surface area (Å²) in [6.07, 6.45) is 0. The van der Waals surface area contributed by atoms with Gasteiger partial charge in [0.25, 0.3) is 0 Å². The number of carbonyl (C=O) groups is 1. The topological polar surface area (TPSA) is 35.5 Å². The average Bonchev–Trinajstić information content (AvgIpc) is 2.45. The number of Topliss-reactive ketones (excluding diaryl/α,β-unsaturated/α-hetero) is 1. The number of aryl methyl sites for hydroxylation is 1. The smallest absolute Gasteiger partial charge is 0.163 e. The highest BCUT2D eigenvalue weighted by Crippen LogP contribution is 2.24. The number of ketones is 1. The van der Waals surface area contributed by atoms with E-state index < -0.39 is 0 Å². The Morgan fingerprint density at radius 1 is 1.10 bits per heavy atom. The van der Waals surface area contributed by atoms with Crippen LogP contribution in [0.3, 0.4) is 0 Å². The molecule has 0 N–H and O–H groups in total. The minimum absolute atomic E-state index is 0.00296. The number of hydrogen-bond acceptors (Lipinski definition) is 3. The van der Waals surface area contributed by atoms with E-state index in [1.807, 2.05) is 37.3 Å². The second kappa shape index (κ2) is 6.24. The van der Waals surface area contributed by atoms with E-state index in [1.165, 1.54) is 6.92 Å². The lowest BCUT2D eigenvalue weighted by molar-refractivity contribution is 0.101. The summed E-state index contributed by atoms with van der Waals surface area (Å²) in [6.45, 7) is 3.93. The van der Waals surface area contributed by atoms with Crippen LogP contribution >= 0.6 is 0 Å². The van der Waals surface area contributed by atoms with Crippen molar-refractivity contribution in [1.82, 2.24) is 0 Å². The Kier molecular flexibility index (Phi) is 4.41. The van der Waals surface area contributed by atoms with E-state index in [2.05, 4.69) is 0 Å². The molecule has 0 radical (unpaired) electrons. The third-order valence-corrected chi connectivity index (χ3v) is 3.09. The van der Waals surface area contributed by atoms with Crippen LogP contribution in [-0.4, -0.2) is 12.9 Å². The molecule has 0 spiro atoms. The zero-order valence-corrected chi connectivity index (χ0v) is 12.0. The Morgan fingerprint density at radius 3 is 2.55 bits per heavy atom. The maximum atomic E-state index is 11.6. The normalized spacial score (nSPS) is 10.2. The minimum atomic E-state index is -0.00296. The van der Waals surface area contributed by atoms with Crippen molar-refractivity contribution in [2.24, 2.45) is 0 Å². The fourth-order valence-electron chi connectivity index (χ4n) is 2.06. The third kappa shape index (κ3) is 3.18. The maximum absolute atomic E-state index is 11.6. The van der Waals surface area contributed by atoms with E-state index in [1.54, 1.807) is 19.2 Å². The van der Waals surface area contributed by atoms with Gasteiger partial charge >= 0.3 is 0 Å². The van der Waals surface area contributed by atoms with Crippen LogP contribution in [0.25, 0.3) is 0 Å². The molecule has 0 bridgehead atoms. The quantitative estimate of drug-likeness (QED) is 0.775. The van der Waals surface area contributed by atoms with Crippen molar-refractivity contribution in [3.05, 3.63) is 59.2 Å². The number of benzene rings is 2. The molecule has 0 atom stereocenters. The summed E-state index contributed by atoms with van der Waals surface area (Å²) >= 11 is 0. The van der Waals surface area contributed by atoms with Crippen LogP contribution < -0.4 is 9.47 Å². The van der Waals surface area contributed by atoms with Gasteiger partial charge in [-0.15, -0.1) is 0 Å². The van der Waals surface area contributed by atoms with Gasteiger partial charge in [0.15, 0.2) is 5.78 Å². The van der Waals surface area contributed by atoms with Gasteiger partial charge in [0, 0.05) is 5.56 Å². The van der Waals surface area contributed by atoms with Crippen LogP contribution in [0.1, 0.15) is 28.4 Å². The van der Waals surface area contributed by atoms with E-state index in [9.17, 15) is 4.79 Å². The number of methoxy groups -OCH3 is 1. The molecule has 3 nitrogen and oxygen atoms in total. The van der Waals surface area contributed by atoms with Gasteiger partial charge in [-0.3, -0.25) is 4.79 Å². The molecule has 0 aliphatic heterocycles. The fraction of sp³-hybridized carbons (Fsp3) is 0.235. The molecule has 20 heavy (non-hydrogen) atoms. The van der Waals surface area contributed by atoms with Gasteiger partial charge < -0.3 is 9.47 Å². The first-order chi connectivity index (χ1) is 9.61. The summed E-state index contributed by atoms with van der Waals surface area (Å²) in [5.74, 6) is 1.39. The fourth-order valence-corrected chi connectivity index (χ4v) is 2.06. The molecule has 104 valence electrons. The number of carbonyl (C=O) groups excluding carboxylic acids is 1. The first kappa shape index (κ1) is 14.1. The average molecular weight is 270 g/mol. The first-order valence-electron chi connectivity index (χ1n) is 6.48. The van der Waals surface area contributed by atoms with Crippen LogP contribution in [0.15, 0.2) is 42.5 Å². The molecule has 0 aliphatic carbocycles. The van der Waals surface area contributed by atoms with E-state index in [4.69, 9.17) is 9.47 Å². The number of para-hydroxylation sites is 1. The molecule has 0 saturated heterocycles. The van der Waals surface area contributed by atoms with E-state index in [0.29, 0.717) is 17.9 Å². The predicted molar refractivity (Wildman–Crippen MR) is 78.5 cm³/mol. The predicted octanol–water partition coefficient (Wildman–Crippen LogP) is 3.79. The third-order valence-electron chi connectivity index (χ3n) is 3.09. The van der Waals surface area contributed by atoms with Gasteiger partial charge in [-0.05, 0) is 38.1 Å². The molecule has 0 aromatic heterocycles. The molecule has 2 aromatic rings. The Bertz CT molecular complexity index is 617. The first-order valence-corrected chi connectivity index (χ1v) is 6.48. The summed E-state index contributed by atoms with van der Waals surface area (Å²) in [6, 6.07) is 13.2. The number of ether oxygens (including phenoxy) is 2. The van der Waals surface area contributed by atoms with Gasteiger partial charge in [0.05, 0.1) is 12.7 Å². The highest BCUT2D eigenvalue weighted by atomic mass is 16.5.